The molecule has 1 N–H and O–H groups in total. The Morgan fingerprint density at radius 1 is 0.933 bits per heavy atom. The minimum absolute atomic E-state index is 0.140. The smallest absolute Gasteiger partial charge is 0.137 e. The van der Waals surface area contributed by atoms with Gasteiger partial charge in [-0.15, -0.1) is 0 Å². The van der Waals surface area contributed by atoms with E-state index in [1.807, 2.05) is 34.9 Å². The van der Waals surface area contributed by atoms with Gasteiger partial charge in [0, 0.05) is 27.2 Å². The van der Waals surface area contributed by atoms with E-state index in [2.05, 4.69) is 67.9 Å². The molecule has 0 radical (unpaired) electrons. The zero-order valence-electron chi connectivity index (χ0n) is 17.4. The van der Waals surface area contributed by atoms with Gasteiger partial charge in [0.05, 0.1) is 16.1 Å². The number of pyridine rings is 1. The molecule has 4 rings (SSSR count). The fraction of sp³-hybridized carbons (Fsp3) is 0.160. The molecule has 0 saturated heterocycles. The van der Waals surface area contributed by atoms with Gasteiger partial charge in [0.1, 0.15) is 5.82 Å². The van der Waals surface area contributed by atoms with Crippen molar-refractivity contribution in [3.63, 3.8) is 0 Å². The average Bonchev–Trinajstić information content (AvgIpc) is 2.99. The third kappa shape index (κ3) is 3.73. The van der Waals surface area contributed by atoms with Crippen LogP contribution in [0.25, 0.3) is 29.7 Å². The first-order chi connectivity index (χ1) is 14.3. The molecular weight excluding hydrogens is 410 g/mol. The number of rotatable bonds is 4. The zero-order chi connectivity index (χ0) is 21.5. The van der Waals surface area contributed by atoms with E-state index in [1.54, 1.807) is 18.1 Å². The van der Waals surface area contributed by atoms with Gasteiger partial charge >= 0.3 is 0 Å². The molecule has 3 nitrogen and oxygen atoms in total. The SMILES string of the molecule is C=c1c2c(Cl)ccc(NSc3ccc(C(C)(C)C)cc3)c2c(=C)n1-c1ccccn1. The Bertz CT molecular complexity index is 1300. The average molecular weight is 434 g/mol. The monoisotopic (exact) mass is 433 g/mol. The number of benzene rings is 2. The lowest BCUT2D eigenvalue weighted by Crippen LogP contribution is -2.24. The molecule has 30 heavy (non-hydrogen) atoms. The number of hydrogen-bond acceptors (Lipinski definition) is 3. The third-order valence-corrected chi connectivity index (χ3v) is 6.29. The van der Waals surface area contributed by atoms with E-state index < -0.39 is 0 Å². The molecule has 0 aliphatic rings. The molecule has 0 bridgehead atoms. The van der Waals surface area contributed by atoms with Gasteiger partial charge in [0.15, 0.2) is 0 Å². The molecule has 5 heteroatoms. The van der Waals surface area contributed by atoms with Crippen LogP contribution in [0.1, 0.15) is 26.3 Å². The molecule has 2 aromatic heterocycles. The van der Waals surface area contributed by atoms with Crippen LogP contribution >= 0.6 is 23.5 Å². The van der Waals surface area contributed by atoms with Crippen LogP contribution < -0.4 is 15.4 Å². The maximum Gasteiger partial charge on any atom is 0.137 e. The lowest BCUT2D eigenvalue weighted by Gasteiger charge is -2.19. The van der Waals surface area contributed by atoms with Crippen molar-refractivity contribution in [2.45, 2.75) is 31.1 Å². The largest absolute Gasteiger partial charge is 0.325 e. The van der Waals surface area contributed by atoms with Gasteiger partial charge in [-0.3, -0.25) is 4.57 Å². The summed E-state index contributed by atoms with van der Waals surface area (Å²) in [4.78, 5) is 5.60. The van der Waals surface area contributed by atoms with Gasteiger partial charge < -0.3 is 4.72 Å². The Balaban J connectivity index is 1.73. The van der Waals surface area contributed by atoms with Crippen LogP contribution in [0.3, 0.4) is 0 Å². The summed E-state index contributed by atoms with van der Waals surface area (Å²) in [5, 5.41) is 4.09. The molecule has 4 aromatic rings. The molecule has 0 amide bonds. The van der Waals surface area contributed by atoms with Crippen molar-refractivity contribution in [1.82, 2.24) is 9.55 Å². The van der Waals surface area contributed by atoms with E-state index in [4.69, 9.17) is 11.6 Å². The number of anilines is 1. The van der Waals surface area contributed by atoms with Crippen LogP contribution in [0.15, 0.2) is 65.7 Å². The summed E-state index contributed by atoms with van der Waals surface area (Å²) in [6.07, 6.45) is 1.76. The van der Waals surface area contributed by atoms with Crippen molar-refractivity contribution in [3.8, 4) is 5.82 Å². The Labute approximate surface area is 186 Å². The van der Waals surface area contributed by atoms with Crippen molar-refractivity contribution in [2.24, 2.45) is 0 Å². The summed E-state index contributed by atoms with van der Waals surface area (Å²) in [5.74, 6) is 0.774. The van der Waals surface area contributed by atoms with Gasteiger partial charge in [-0.2, -0.15) is 0 Å². The maximum absolute atomic E-state index is 6.55. The van der Waals surface area contributed by atoms with E-state index in [0.717, 1.165) is 37.9 Å². The van der Waals surface area contributed by atoms with E-state index in [9.17, 15) is 0 Å². The standard InChI is InChI=1S/C25H24ClN3S/c1-16-23-20(26)13-14-21(24(23)17(2)29(16)22-8-6-7-15-27-22)28-30-19-11-9-18(10-12-19)25(3,4)5/h6-15,28H,1-2H2,3-5H3. The number of aromatic nitrogens is 2. The predicted molar refractivity (Wildman–Crippen MR) is 131 cm³/mol. The highest BCUT2D eigenvalue weighted by molar-refractivity contribution is 8.00. The van der Waals surface area contributed by atoms with Gasteiger partial charge in [0.2, 0.25) is 0 Å². The van der Waals surface area contributed by atoms with Crippen LogP contribution in [-0.4, -0.2) is 9.55 Å². The van der Waals surface area contributed by atoms with E-state index >= 15 is 0 Å². The summed E-state index contributed by atoms with van der Waals surface area (Å²) in [6, 6.07) is 18.3. The second-order valence-corrected chi connectivity index (χ2v) is 9.53. The van der Waals surface area contributed by atoms with Crippen molar-refractivity contribution >= 4 is 53.2 Å². The second-order valence-electron chi connectivity index (χ2n) is 8.24. The molecule has 2 heterocycles. The minimum atomic E-state index is 0.140. The first-order valence-corrected chi connectivity index (χ1v) is 10.9. The number of hydrogen-bond donors (Lipinski definition) is 1. The highest BCUT2D eigenvalue weighted by Crippen LogP contribution is 2.31. The molecule has 152 valence electrons. The number of nitrogens with zero attached hydrogens (tertiary/aromatic N) is 2. The van der Waals surface area contributed by atoms with Gasteiger partial charge in [-0.25, -0.2) is 4.98 Å². The molecule has 0 unspecified atom stereocenters. The highest BCUT2D eigenvalue weighted by Gasteiger charge is 2.15. The number of nitrogens with one attached hydrogen (secondary N) is 1. The number of fused-ring (bicyclic) bond motifs is 1. The lowest BCUT2D eigenvalue weighted by atomic mass is 9.87. The maximum atomic E-state index is 6.55. The molecule has 0 aliphatic heterocycles. The fourth-order valence-electron chi connectivity index (χ4n) is 3.53. The van der Waals surface area contributed by atoms with Crippen LogP contribution in [0, 0.1) is 0 Å². The van der Waals surface area contributed by atoms with Crippen molar-refractivity contribution in [3.05, 3.63) is 82.1 Å². The first-order valence-electron chi connectivity index (χ1n) is 9.73. The Hall–Kier alpha value is -2.69. The lowest BCUT2D eigenvalue weighted by molar-refractivity contribution is 0.590. The highest BCUT2D eigenvalue weighted by atomic mass is 35.5. The number of halogens is 1. The summed E-state index contributed by atoms with van der Waals surface area (Å²) in [5.41, 5.74) is 2.40. The van der Waals surface area contributed by atoms with Crippen LogP contribution in [0.5, 0.6) is 0 Å². The van der Waals surface area contributed by atoms with Gasteiger partial charge in [-0.05, 0) is 59.3 Å². The molecule has 0 fully saturated rings. The summed E-state index contributed by atoms with van der Waals surface area (Å²) in [6.45, 7) is 15.2. The van der Waals surface area contributed by atoms with Crippen LogP contribution in [0.2, 0.25) is 5.02 Å². The second kappa shape index (κ2) is 7.86. The Kier molecular flexibility index (Phi) is 5.39. The van der Waals surface area contributed by atoms with Crippen LogP contribution in [0.4, 0.5) is 5.69 Å². The van der Waals surface area contributed by atoms with Crippen molar-refractivity contribution in [2.75, 3.05) is 4.72 Å². The zero-order valence-corrected chi connectivity index (χ0v) is 18.9. The Morgan fingerprint density at radius 2 is 1.63 bits per heavy atom. The normalized spacial score (nSPS) is 11.7. The molecule has 0 atom stereocenters. The molecule has 0 aliphatic carbocycles. The van der Waals surface area contributed by atoms with E-state index in [1.165, 1.54) is 5.56 Å². The summed E-state index contributed by atoms with van der Waals surface area (Å²) >= 11 is 8.12. The predicted octanol–water partition coefficient (Wildman–Crippen LogP) is 5.92. The topological polar surface area (TPSA) is 29.9 Å². The Morgan fingerprint density at radius 3 is 2.27 bits per heavy atom. The summed E-state index contributed by atoms with van der Waals surface area (Å²) < 4.78 is 5.43. The molecule has 0 spiro atoms. The minimum Gasteiger partial charge on any atom is -0.325 e. The van der Waals surface area contributed by atoms with Crippen molar-refractivity contribution < 1.29 is 0 Å². The van der Waals surface area contributed by atoms with Crippen molar-refractivity contribution in [1.29, 1.82) is 0 Å². The molecule has 2 aromatic carbocycles. The van der Waals surface area contributed by atoms with E-state index in [0.29, 0.717) is 5.02 Å². The molecule has 0 saturated carbocycles. The fourth-order valence-corrected chi connectivity index (χ4v) is 4.47. The van der Waals surface area contributed by atoms with E-state index in [-0.39, 0.29) is 5.41 Å². The molecular formula is C25H24ClN3S. The first kappa shape index (κ1) is 20.6. The van der Waals surface area contributed by atoms with Gasteiger partial charge in [-0.1, -0.05) is 63.7 Å². The summed E-state index contributed by atoms with van der Waals surface area (Å²) in [7, 11) is 0. The van der Waals surface area contributed by atoms with Crippen LogP contribution in [-0.2, 0) is 5.41 Å². The van der Waals surface area contributed by atoms with Gasteiger partial charge in [0.25, 0.3) is 0 Å². The third-order valence-electron chi connectivity index (χ3n) is 5.15. The quantitative estimate of drug-likeness (QED) is 0.405.